The van der Waals surface area contributed by atoms with Crippen LogP contribution in [0.2, 0.25) is 0 Å². The third kappa shape index (κ3) is 3.22. The van der Waals surface area contributed by atoms with Crippen LogP contribution in [0, 0.1) is 12.7 Å². The van der Waals surface area contributed by atoms with Crippen molar-refractivity contribution in [2.45, 2.75) is 20.3 Å². The Bertz CT molecular complexity index is 889. The topological polar surface area (TPSA) is 64.4 Å². The van der Waals surface area contributed by atoms with Crippen LogP contribution in [0.3, 0.4) is 0 Å². The lowest BCUT2D eigenvalue weighted by Crippen LogP contribution is -2.12. The second-order valence-corrected chi connectivity index (χ2v) is 5.41. The van der Waals surface area contributed by atoms with Gasteiger partial charge in [0.2, 0.25) is 0 Å². The number of carbonyl (C=O) groups excluding carboxylic acids is 1. The van der Waals surface area contributed by atoms with Crippen LogP contribution < -0.4 is 10.1 Å². The number of nitrogens with zero attached hydrogens (tertiary/aromatic N) is 1. The predicted octanol–water partition coefficient (Wildman–Crippen LogP) is 4.32. The number of rotatable bonds is 5. The van der Waals surface area contributed by atoms with E-state index in [4.69, 9.17) is 9.15 Å². The summed E-state index contributed by atoms with van der Waals surface area (Å²) in [5.74, 6) is -0.0598. The molecule has 1 amide bonds. The van der Waals surface area contributed by atoms with E-state index in [1.54, 1.807) is 19.2 Å². The van der Waals surface area contributed by atoms with Crippen LogP contribution in [0.4, 0.5) is 10.1 Å². The van der Waals surface area contributed by atoms with Crippen LogP contribution in [0.1, 0.15) is 29.5 Å². The lowest BCUT2D eigenvalue weighted by atomic mass is 10.1. The fourth-order valence-corrected chi connectivity index (χ4v) is 2.38. The van der Waals surface area contributed by atoms with E-state index in [-0.39, 0.29) is 11.6 Å². The van der Waals surface area contributed by atoms with Gasteiger partial charge in [0.15, 0.2) is 5.76 Å². The van der Waals surface area contributed by atoms with Crippen LogP contribution in [-0.2, 0) is 0 Å². The summed E-state index contributed by atoms with van der Waals surface area (Å²) in [7, 11) is 0. The van der Waals surface area contributed by atoms with Gasteiger partial charge in [0.05, 0.1) is 24.7 Å². The number of amides is 1. The highest BCUT2D eigenvalue weighted by molar-refractivity contribution is 6.06. The predicted molar refractivity (Wildman–Crippen MR) is 88.9 cm³/mol. The molecular formula is C18H17FN2O3. The molecule has 0 fully saturated rings. The van der Waals surface area contributed by atoms with E-state index in [0.29, 0.717) is 34.6 Å². The van der Waals surface area contributed by atoms with Gasteiger partial charge < -0.3 is 14.5 Å². The fraction of sp³-hybridized carbons (Fsp3) is 0.222. The number of furan rings is 1. The summed E-state index contributed by atoms with van der Waals surface area (Å²) in [6.45, 7) is 4.30. The van der Waals surface area contributed by atoms with Crippen molar-refractivity contribution in [3.63, 3.8) is 0 Å². The molecule has 1 aromatic carbocycles. The van der Waals surface area contributed by atoms with Gasteiger partial charge in [0.1, 0.15) is 17.1 Å². The van der Waals surface area contributed by atoms with Gasteiger partial charge in [-0.1, -0.05) is 6.92 Å². The lowest BCUT2D eigenvalue weighted by molar-refractivity contribution is 0.0998. The number of pyridine rings is 1. The average Bonchev–Trinajstić information content (AvgIpc) is 2.90. The van der Waals surface area contributed by atoms with E-state index in [2.05, 4.69) is 10.3 Å². The van der Waals surface area contributed by atoms with E-state index in [0.717, 1.165) is 6.42 Å². The molecule has 0 saturated carbocycles. The zero-order valence-corrected chi connectivity index (χ0v) is 13.4. The fourth-order valence-electron chi connectivity index (χ4n) is 2.38. The molecule has 0 unspecified atom stereocenters. The van der Waals surface area contributed by atoms with Gasteiger partial charge in [-0.25, -0.2) is 4.39 Å². The third-order valence-electron chi connectivity index (χ3n) is 3.55. The minimum atomic E-state index is -0.418. The lowest BCUT2D eigenvalue weighted by Gasteiger charge is -2.07. The first-order chi connectivity index (χ1) is 11.6. The molecule has 0 aliphatic heterocycles. The van der Waals surface area contributed by atoms with Crippen molar-refractivity contribution >= 4 is 22.6 Å². The molecule has 1 N–H and O–H groups in total. The summed E-state index contributed by atoms with van der Waals surface area (Å²) in [6.07, 6.45) is 3.99. The quantitative estimate of drug-likeness (QED) is 0.758. The van der Waals surface area contributed by atoms with Crippen LogP contribution in [0.5, 0.6) is 5.75 Å². The normalized spacial score (nSPS) is 10.8. The molecule has 2 aromatic heterocycles. The van der Waals surface area contributed by atoms with Gasteiger partial charge >= 0.3 is 0 Å². The van der Waals surface area contributed by atoms with Crippen molar-refractivity contribution in [2.24, 2.45) is 0 Å². The van der Waals surface area contributed by atoms with Crippen LogP contribution >= 0.6 is 0 Å². The Morgan fingerprint density at radius 3 is 2.96 bits per heavy atom. The number of halogens is 1. The summed E-state index contributed by atoms with van der Waals surface area (Å²) in [5.41, 5.74) is 1.56. The van der Waals surface area contributed by atoms with Gasteiger partial charge in [-0.05, 0) is 31.5 Å². The Morgan fingerprint density at radius 1 is 1.33 bits per heavy atom. The maximum atomic E-state index is 13.4. The first kappa shape index (κ1) is 16.0. The van der Waals surface area contributed by atoms with Crippen molar-refractivity contribution in [2.75, 3.05) is 11.9 Å². The summed E-state index contributed by atoms with van der Waals surface area (Å²) in [4.78, 5) is 16.5. The van der Waals surface area contributed by atoms with Gasteiger partial charge in [-0.2, -0.15) is 0 Å². The Labute approximate surface area is 138 Å². The summed E-state index contributed by atoms with van der Waals surface area (Å²) in [5, 5.41) is 3.30. The van der Waals surface area contributed by atoms with E-state index >= 15 is 0 Å². The summed E-state index contributed by atoms with van der Waals surface area (Å²) >= 11 is 0. The standard InChI is InChI=1S/C18H17FN2O3/c1-3-6-23-14-8-13(9-20-10-14)21-18(22)17-11(2)15-7-12(19)4-5-16(15)24-17/h4-5,7-10H,3,6H2,1-2H3,(H,21,22). The second kappa shape index (κ2) is 6.70. The molecule has 2 heterocycles. The van der Waals surface area contributed by atoms with E-state index < -0.39 is 5.91 Å². The average molecular weight is 328 g/mol. The Balaban J connectivity index is 1.84. The van der Waals surface area contributed by atoms with Crippen molar-refractivity contribution in [1.29, 1.82) is 0 Å². The molecule has 3 aromatic rings. The van der Waals surface area contributed by atoms with Gasteiger partial charge in [-0.15, -0.1) is 0 Å². The first-order valence-electron chi connectivity index (χ1n) is 7.66. The molecule has 3 rings (SSSR count). The maximum Gasteiger partial charge on any atom is 0.291 e. The number of hydrogen-bond donors (Lipinski definition) is 1. The van der Waals surface area contributed by atoms with Crippen molar-refractivity contribution in [3.8, 4) is 5.75 Å². The molecule has 0 bridgehead atoms. The smallest absolute Gasteiger partial charge is 0.291 e. The van der Waals surface area contributed by atoms with Gasteiger partial charge in [-0.3, -0.25) is 9.78 Å². The van der Waals surface area contributed by atoms with Crippen LogP contribution in [-0.4, -0.2) is 17.5 Å². The number of ether oxygens (including phenoxy) is 1. The molecule has 0 saturated heterocycles. The minimum Gasteiger partial charge on any atom is -0.492 e. The number of nitrogens with one attached hydrogen (secondary N) is 1. The molecular weight excluding hydrogens is 311 g/mol. The first-order valence-corrected chi connectivity index (χ1v) is 7.66. The molecule has 0 spiro atoms. The van der Waals surface area contributed by atoms with Crippen LogP contribution in [0.25, 0.3) is 11.0 Å². The number of anilines is 1. The number of carbonyl (C=O) groups is 1. The van der Waals surface area contributed by atoms with Crippen molar-refractivity contribution in [3.05, 3.63) is 53.8 Å². The molecule has 6 heteroatoms. The number of hydrogen-bond acceptors (Lipinski definition) is 4. The minimum absolute atomic E-state index is 0.149. The zero-order chi connectivity index (χ0) is 17.1. The summed E-state index contributed by atoms with van der Waals surface area (Å²) < 4.78 is 24.4. The molecule has 0 aliphatic rings. The Morgan fingerprint density at radius 2 is 2.17 bits per heavy atom. The van der Waals surface area contributed by atoms with Gasteiger partial charge in [0, 0.05) is 17.0 Å². The zero-order valence-electron chi connectivity index (χ0n) is 13.4. The Kier molecular flexibility index (Phi) is 4.46. The Hall–Kier alpha value is -2.89. The number of fused-ring (bicyclic) bond motifs is 1. The van der Waals surface area contributed by atoms with E-state index in [9.17, 15) is 9.18 Å². The number of aromatic nitrogens is 1. The third-order valence-corrected chi connectivity index (χ3v) is 3.55. The van der Waals surface area contributed by atoms with E-state index in [1.165, 1.54) is 24.4 Å². The maximum absolute atomic E-state index is 13.4. The monoisotopic (exact) mass is 328 g/mol. The molecule has 124 valence electrons. The van der Waals surface area contributed by atoms with Gasteiger partial charge in [0.25, 0.3) is 5.91 Å². The van der Waals surface area contributed by atoms with E-state index in [1.807, 2.05) is 6.92 Å². The summed E-state index contributed by atoms with van der Waals surface area (Å²) in [6, 6.07) is 5.85. The molecule has 0 radical (unpaired) electrons. The highest BCUT2D eigenvalue weighted by atomic mass is 19.1. The largest absolute Gasteiger partial charge is 0.492 e. The molecule has 0 aliphatic carbocycles. The highest BCUT2D eigenvalue weighted by Crippen LogP contribution is 2.27. The molecule has 0 atom stereocenters. The second-order valence-electron chi connectivity index (χ2n) is 5.41. The number of aryl methyl sites for hydroxylation is 1. The van der Waals surface area contributed by atoms with Crippen molar-refractivity contribution in [1.82, 2.24) is 4.98 Å². The van der Waals surface area contributed by atoms with Crippen molar-refractivity contribution < 1.29 is 18.3 Å². The highest BCUT2D eigenvalue weighted by Gasteiger charge is 2.18. The molecule has 5 nitrogen and oxygen atoms in total. The number of benzene rings is 1. The SMILES string of the molecule is CCCOc1cncc(NC(=O)c2oc3ccc(F)cc3c2C)c1. The molecule has 24 heavy (non-hydrogen) atoms. The van der Waals surface area contributed by atoms with Crippen LogP contribution in [0.15, 0.2) is 41.1 Å².